The summed E-state index contributed by atoms with van der Waals surface area (Å²) >= 11 is 13.3. The number of anilines is 2. The molecule has 48 heavy (non-hydrogen) atoms. The summed E-state index contributed by atoms with van der Waals surface area (Å²) in [4.78, 5) is 33.6. The van der Waals surface area contributed by atoms with Crippen LogP contribution in [0.2, 0.25) is 10.0 Å². The topological polar surface area (TPSA) is 118 Å². The first-order chi connectivity index (χ1) is 23.1. The molecular weight excluding hydrogens is 658 g/mol. The molecule has 1 amide bonds. The number of para-hydroxylation sites is 1. The van der Waals surface area contributed by atoms with Crippen molar-refractivity contribution in [1.82, 2.24) is 4.90 Å². The predicted octanol–water partition coefficient (Wildman–Crippen LogP) is 7.16. The quantitative estimate of drug-likeness (QED) is 0.163. The van der Waals surface area contributed by atoms with Gasteiger partial charge in [0, 0.05) is 41.2 Å². The molecule has 2 atom stereocenters. The summed E-state index contributed by atoms with van der Waals surface area (Å²) in [6, 6.07) is 16.8. The molecule has 4 aromatic carbocycles. The number of carbonyl (C=O) groups is 2. The molecule has 3 N–H and O–H groups in total. The van der Waals surface area contributed by atoms with Crippen LogP contribution in [0.4, 0.5) is 15.8 Å². The van der Waals surface area contributed by atoms with Gasteiger partial charge in [0.25, 0.3) is 5.91 Å². The third-order valence-electron chi connectivity index (χ3n) is 9.18. The maximum absolute atomic E-state index is 15.7. The Balaban J connectivity index is 1.19. The van der Waals surface area contributed by atoms with Crippen molar-refractivity contribution in [3.05, 3.63) is 98.8 Å². The van der Waals surface area contributed by atoms with Crippen molar-refractivity contribution >= 4 is 52.7 Å². The Morgan fingerprint density at radius 1 is 1.00 bits per heavy atom. The normalized spacial score (nSPS) is 18.6. The number of rotatable bonds is 6. The molecule has 0 saturated carbocycles. The molecule has 0 aromatic heterocycles. The number of nitrogens with zero attached hydrogens (tertiary/aromatic N) is 3. The third kappa shape index (κ3) is 5.63. The fraction of sp³-hybridized carbons (Fsp3) is 0.250. The van der Waals surface area contributed by atoms with Gasteiger partial charge in [-0.3, -0.25) is 9.79 Å². The van der Waals surface area contributed by atoms with Crippen molar-refractivity contribution in [3.63, 3.8) is 0 Å². The average molecular weight is 690 g/mol. The number of aromatic carboxylic acids is 1. The summed E-state index contributed by atoms with van der Waals surface area (Å²) < 4.78 is 27.5. The number of halogens is 3. The first-order valence-corrected chi connectivity index (χ1v) is 16.2. The van der Waals surface area contributed by atoms with E-state index in [1.807, 2.05) is 12.1 Å². The van der Waals surface area contributed by atoms with E-state index >= 15 is 4.39 Å². The van der Waals surface area contributed by atoms with E-state index in [0.717, 1.165) is 30.0 Å². The zero-order valence-corrected chi connectivity index (χ0v) is 27.4. The number of carbonyl (C=O) groups excluding carboxylic acids is 1. The SMILES string of the molecule is CN=Cc1cc(-c2cc(Cl)c(C(=O)N3COc4c(cccc4-c4cc(N5C6CCC5COC6)c(C(=O)O)cc4F)C3)c(Cl)c2)ccc1N. The third-order valence-corrected chi connectivity index (χ3v) is 9.77. The Morgan fingerprint density at radius 3 is 2.42 bits per heavy atom. The first-order valence-electron chi connectivity index (χ1n) is 15.4. The van der Waals surface area contributed by atoms with Crippen LogP contribution < -0.4 is 15.4 Å². The first kappa shape index (κ1) is 31.9. The highest BCUT2D eigenvalue weighted by molar-refractivity contribution is 6.40. The Labute approximate surface area is 286 Å². The number of fused-ring (bicyclic) bond motifs is 3. The van der Waals surface area contributed by atoms with Gasteiger partial charge in [-0.25, -0.2) is 9.18 Å². The molecule has 3 aliphatic heterocycles. The van der Waals surface area contributed by atoms with Gasteiger partial charge in [-0.2, -0.15) is 0 Å². The van der Waals surface area contributed by atoms with E-state index in [4.69, 9.17) is 38.4 Å². The summed E-state index contributed by atoms with van der Waals surface area (Å²) in [7, 11) is 1.66. The molecule has 0 radical (unpaired) electrons. The average Bonchev–Trinajstić information content (AvgIpc) is 3.31. The van der Waals surface area contributed by atoms with Gasteiger partial charge in [0.2, 0.25) is 0 Å². The molecule has 12 heteroatoms. The van der Waals surface area contributed by atoms with Crippen LogP contribution in [-0.2, 0) is 11.3 Å². The summed E-state index contributed by atoms with van der Waals surface area (Å²) in [6.07, 6.45) is 3.40. The smallest absolute Gasteiger partial charge is 0.337 e. The number of morpholine rings is 1. The summed E-state index contributed by atoms with van der Waals surface area (Å²) in [5, 5.41) is 10.3. The number of amides is 1. The second kappa shape index (κ2) is 12.8. The van der Waals surface area contributed by atoms with Crippen molar-refractivity contribution in [2.45, 2.75) is 31.5 Å². The number of ether oxygens (including phenoxy) is 2. The van der Waals surface area contributed by atoms with Crippen LogP contribution in [0.15, 0.2) is 65.7 Å². The zero-order valence-electron chi connectivity index (χ0n) is 25.9. The van der Waals surface area contributed by atoms with Crippen LogP contribution in [0.1, 0.15) is 44.7 Å². The van der Waals surface area contributed by atoms with Gasteiger partial charge in [-0.05, 0) is 60.4 Å². The lowest BCUT2D eigenvalue weighted by molar-refractivity contribution is 0.0516. The monoisotopic (exact) mass is 688 g/mol. The maximum atomic E-state index is 15.7. The van der Waals surface area contributed by atoms with Crippen molar-refractivity contribution in [1.29, 1.82) is 0 Å². The fourth-order valence-corrected chi connectivity index (χ4v) is 7.55. The van der Waals surface area contributed by atoms with Crippen LogP contribution in [0.3, 0.4) is 0 Å². The van der Waals surface area contributed by atoms with Crippen LogP contribution >= 0.6 is 23.2 Å². The molecule has 246 valence electrons. The van der Waals surface area contributed by atoms with E-state index in [1.54, 1.807) is 55.7 Å². The lowest BCUT2D eigenvalue weighted by Gasteiger charge is -2.37. The van der Waals surface area contributed by atoms with Crippen molar-refractivity contribution in [2.24, 2.45) is 4.99 Å². The number of hydrogen-bond acceptors (Lipinski definition) is 7. The van der Waals surface area contributed by atoms with E-state index in [9.17, 15) is 14.7 Å². The molecule has 3 heterocycles. The number of carboxylic acid groups (broad SMARTS) is 1. The highest BCUT2D eigenvalue weighted by atomic mass is 35.5. The Bertz CT molecular complexity index is 1960. The summed E-state index contributed by atoms with van der Waals surface area (Å²) in [5.74, 6) is -1.88. The molecule has 9 nitrogen and oxygen atoms in total. The fourth-order valence-electron chi connectivity index (χ4n) is 6.90. The second-order valence-corrected chi connectivity index (χ2v) is 12.9. The van der Waals surface area contributed by atoms with Crippen molar-refractivity contribution < 1.29 is 28.6 Å². The van der Waals surface area contributed by atoms with Gasteiger partial charge in [0.1, 0.15) is 11.6 Å². The van der Waals surface area contributed by atoms with E-state index in [2.05, 4.69) is 9.89 Å². The number of hydrogen-bond donors (Lipinski definition) is 2. The number of nitrogens with two attached hydrogens (primary N) is 1. The molecule has 2 saturated heterocycles. The zero-order chi connectivity index (χ0) is 33.7. The van der Waals surface area contributed by atoms with E-state index in [0.29, 0.717) is 47.0 Å². The highest BCUT2D eigenvalue weighted by Gasteiger charge is 2.40. The lowest BCUT2D eigenvalue weighted by Crippen LogP contribution is -2.46. The molecule has 4 aromatic rings. The van der Waals surface area contributed by atoms with Crippen molar-refractivity contribution in [3.8, 4) is 28.0 Å². The van der Waals surface area contributed by atoms with E-state index in [1.165, 1.54) is 4.90 Å². The molecular formula is C36H31Cl2FN4O5. The van der Waals surface area contributed by atoms with Gasteiger partial charge in [0.15, 0.2) is 6.73 Å². The largest absolute Gasteiger partial charge is 0.478 e. The minimum Gasteiger partial charge on any atom is -0.478 e. The van der Waals surface area contributed by atoms with Gasteiger partial charge < -0.3 is 30.1 Å². The Hall–Kier alpha value is -4.64. The molecule has 2 unspecified atom stereocenters. The molecule has 0 aliphatic carbocycles. The minimum absolute atomic E-state index is 0.0212. The minimum atomic E-state index is -1.20. The highest BCUT2D eigenvalue weighted by Crippen LogP contribution is 2.43. The summed E-state index contributed by atoms with van der Waals surface area (Å²) in [5.41, 5.74) is 10.7. The van der Waals surface area contributed by atoms with E-state index in [-0.39, 0.29) is 52.1 Å². The van der Waals surface area contributed by atoms with Crippen LogP contribution in [-0.4, -0.2) is 67.2 Å². The molecule has 3 aliphatic rings. The number of aliphatic imine (C=N–C) groups is 1. The number of nitrogen functional groups attached to an aromatic ring is 1. The predicted molar refractivity (Wildman–Crippen MR) is 184 cm³/mol. The van der Waals surface area contributed by atoms with Gasteiger partial charge in [0.05, 0.1) is 58.7 Å². The van der Waals surface area contributed by atoms with E-state index < -0.39 is 17.7 Å². The van der Waals surface area contributed by atoms with Crippen LogP contribution in [0.25, 0.3) is 22.3 Å². The van der Waals surface area contributed by atoms with Gasteiger partial charge in [-0.1, -0.05) is 47.5 Å². The van der Waals surface area contributed by atoms with Gasteiger partial charge in [-0.15, -0.1) is 0 Å². The van der Waals surface area contributed by atoms with Crippen LogP contribution in [0, 0.1) is 5.82 Å². The Kier molecular flexibility index (Phi) is 8.49. The number of carboxylic acids is 1. The Morgan fingerprint density at radius 2 is 1.73 bits per heavy atom. The maximum Gasteiger partial charge on any atom is 0.337 e. The van der Waals surface area contributed by atoms with Crippen LogP contribution in [0.5, 0.6) is 5.75 Å². The molecule has 2 bridgehead atoms. The molecule has 2 fully saturated rings. The second-order valence-electron chi connectivity index (χ2n) is 12.1. The summed E-state index contributed by atoms with van der Waals surface area (Å²) in [6.45, 7) is 1.00. The van der Waals surface area contributed by atoms with Crippen molar-refractivity contribution in [2.75, 3.05) is 37.6 Å². The molecule has 7 rings (SSSR count). The molecule has 0 spiro atoms. The lowest BCUT2D eigenvalue weighted by atomic mass is 9.96. The van der Waals surface area contributed by atoms with Gasteiger partial charge >= 0.3 is 5.97 Å². The standard InChI is InChI=1S/C36H31Cl2FN4O5/c1-41-14-22-9-19(5-8-31(22)40)21-10-28(37)33(29(38)11-21)35(44)42-15-20-3-2-4-25(34(20)48-18-42)26-13-32(27(36(45)46)12-30(26)39)43-23-6-7-24(43)17-47-16-23/h2-5,8-14,23-24H,6-7,15-18,40H2,1H3,(H,45,46). The number of benzene rings is 4.